The van der Waals surface area contributed by atoms with Crippen molar-refractivity contribution in [2.24, 2.45) is 0 Å². The van der Waals surface area contributed by atoms with Crippen LogP contribution in [0.5, 0.6) is 5.88 Å². The maximum atomic E-state index is 11.3. The number of anilines is 1. The summed E-state index contributed by atoms with van der Waals surface area (Å²) in [4.78, 5) is 19.1. The molecule has 1 aromatic heterocycles. The van der Waals surface area contributed by atoms with Crippen LogP contribution >= 0.6 is 11.6 Å². The monoisotopic (exact) mass is 245 g/mol. The molecule has 0 radical (unpaired) electrons. The fourth-order valence-electron chi connectivity index (χ4n) is 0.939. The van der Waals surface area contributed by atoms with E-state index < -0.39 is 0 Å². The number of carbonyl (C=O) groups is 1. The van der Waals surface area contributed by atoms with Crippen molar-refractivity contribution in [3.63, 3.8) is 0 Å². The zero-order valence-corrected chi connectivity index (χ0v) is 9.74. The van der Waals surface area contributed by atoms with Crippen LogP contribution in [-0.2, 0) is 9.53 Å². The Bertz CT molecular complexity index is 373. The standard InChI is InChI=1S/C9H12ClN3O3/c1-15-4-3-7(14)12-9-11-6(10)5-8(13-9)16-2/h5H,3-4H2,1-2H3,(H,11,12,13,14). The lowest BCUT2D eigenvalue weighted by Crippen LogP contribution is -2.15. The van der Waals surface area contributed by atoms with Crippen LogP contribution < -0.4 is 10.1 Å². The Labute approximate surface area is 97.9 Å². The van der Waals surface area contributed by atoms with Gasteiger partial charge in [-0.15, -0.1) is 0 Å². The Morgan fingerprint density at radius 1 is 1.50 bits per heavy atom. The molecule has 0 saturated carbocycles. The summed E-state index contributed by atoms with van der Waals surface area (Å²) < 4.78 is 9.65. The van der Waals surface area contributed by atoms with E-state index in [2.05, 4.69) is 15.3 Å². The van der Waals surface area contributed by atoms with Crippen LogP contribution in [-0.4, -0.2) is 36.7 Å². The van der Waals surface area contributed by atoms with Gasteiger partial charge in [0.15, 0.2) is 0 Å². The van der Waals surface area contributed by atoms with Gasteiger partial charge in [-0.3, -0.25) is 10.1 Å². The third kappa shape index (κ3) is 4.00. The van der Waals surface area contributed by atoms with Crippen LogP contribution in [0, 0.1) is 0 Å². The normalized spacial score (nSPS) is 9.94. The van der Waals surface area contributed by atoms with Crippen molar-refractivity contribution < 1.29 is 14.3 Å². The number of ether oxygens (including phenoxy) is 2. The highest BCUT2D eigenvalue weighted by molar-refractivity contribution is 6.29. The minimum atomic E-state index is -0.244. The summed E-state index contributed by atoms with van der Waals surface area (Å²) in [5.41, 5.74) is 0. The number of nitrogens with zero attached hydrogens (tertiary/aromatic N) is 2. The van der Waals surface area contributed by atoms with Gasteiger partial charge < -0.3 is 9.47 Å². The molecule has 0 aromatic carbocycles. The van der Waals surface area contributed by atoms with Gasteiger partial charge in [0.1, 0.15) is 5.15 Å². The van der Waals surface area contributed by atoms with Crippen LogP contribution in [0.25, 0.3) is 0 Å². The van der Waals surface area contributed by atoms with Crippen molar-refractivity contribution in [3.8, 4) is 5.88 Å². The predicted octanol–water partition coefficient (Wildman–Crippen LogP) is 1.11. The first-order valence-electron chi connectivity index (χ1n) is 4.53. The number of carbonyl (C=O) groups excluding carboxylic acids is 1. The quantitative estimate of drug-likeness (QED) is 0.787. The molecular formula is C9H12ClN3O3. The van der Waals surface area contributed by atoms with E-state index in [9.17, 15) is 4.79 Å². The molecule has 1 aromatic rings. The van der Waals surface area contributed by atoms with Gasteiger partial charge in [0.25, 0.3) is 0 Å². The molecular weight excluding hydrogens is 234 g/mol. The van der Waals surface area contributed by atoms with Crippen molar-refractivity contribution >= 4 is 23.5 Å². The smallest absolute Gasteiger partial charge is 0.234 e. The molecule has 0 unspecified atom stereocenters. The number of aromatic nitrogens is 2. The van der Waals surface area contributed by atoms with E-state index in [4.69, 9.17) is 21.1 Å². The molecule has 0 saturated heterocycles. The molecule has 7 heteroatoms. The zero-order valence-electron chi connectivity index (χ0n) is 8.99. The third-order valence-electron chi connectivity index (χ3n) is 1.66. The second-order valence-electron chi connectivity index (χ2n) is 2.85. The minimum absolute atomic E-state index is 0.116. The lowest BCUT2D eigenvalue weighted by Gasteiger charge is -2.05. The van der Waals surface area contributed by atoms with Gasteiger partial charge in [-0.25, -0.2) is 4.98 Å². The molecule has 0 aliphatic rings. The van der Waals surface area contributed by atoms with E-state index in [0.29, 0.717) is 12.5 Å². The van der Waals surface area contributed by atoms with E-state index in [1.54, 1.807) is 0 Å². The first kappa shape index (κ1) is 12.7. The van der Waals surface area contributed by atoms with Gasteiger partial charge >= 0.3 is 0 Å². The Kier molecular flexibility index (Phi) is 4.94. The van der Waals surface area contributed by atoms with E-state index in [1.165, 1.54) is 20.3 Å². The van der Waals surface area contributed by atoms with Crippen LogP contribution in [0.2, 0.25) is 5.15 Å². The highest BCUT2D eigenvalue weighted by atomic mass is 35.5. The lowest BCUT2D eigenvalue weighted by molar-refractivity contribution is -0.117. The Balaban J connectivity index is 2.65. The lowest BCUT2D eigenvalue weighted by atomic mass is 10.4. The number of hydrogen-bond acceptors (Lipinski definition) is 5. The molecule has 0 spiro atoms. The molecule has 1 rings (SSSR count). The third-order valence-corrected chi connectivity index (χ3v) is 1.86. The van der Waals surface area contributed by atoms with Crippen molar-refractivity contribution in [2.75, 3.05) is 26.1 Å². The minimum Gasteiger partial charge on any atom is -0.481 e. The molecule has 88 valence electrons. The summed E-state index contributed by atoms with van der Waals surface area (Å²) in [5.74, 6) is 0.165. The van der Waals surface area contributed by atoms with Gasteiger partial charge in [-0.2, -0.15) is 4.98 Å². The van der Waals surface area contributed by atoms with E-state index >= 15 is 0 Å². The fraction of sp³-hybridized carbons (Fsp3) is 0.444. The first-order valence-corrected chi connectivity index (χ1v) is 4.91. The highest BCUT2D eigenvalue weighted by Crippen LogP contribution is 2.15. The average molecular weight is 246 g/mol. The van der Waals surface area contributed by atoms with Gasteiger partial charge in [-0.1, -0.05) is 11.6 Å². The van der Waals surface area contributed by atoms with Gasteiger partial charge in [0.05, 0.1) is 20.1 Å². The number of halogens is 1. The van der Waals surface area contributed by atoms with Crippen molar-refractivity contribution in [1.82, 2.24) is 9.97 Å². The molecule has 16 heavy (non-hydrogen) atoms. The number of methoxy groups -OCH3 is 2. The van der Waals surface area contributed by atoms with Gasteiger partial charge in [0.2, 0.25) is 17.7 Å². The summed E-state index contributed by atoms with van der Waals surface area (Å²) in [7, 11) is 2.97. The van der Waals surface area contributed by atoms with Crippen LogP contribution in [0.3, 0.4) is 0 Å². The predicted molar refractivity (Wildman–Crippen MR) is 58.7 cm³/mol. The largest absolute Gasteiger partial charge is 0.481 e. The van der Waals surface area contributed by atoms with Gasteiger partial charge in [0, 0.05) is 13.2 Å². The summed E-state index contributed by atoms with van der Waals surface area (Å²) in [5, 5.41) is 2.69. The SMILES string of the molecule is COCCC(=O)Nc1nc(Cl)cc(OC)n1. The molecule has 1 heterocycles. The van der Waals surface area contributed by atoms with E-state index in [-0.39, 0.29) is 23.4 Å². The summed E-state index contributed by atoms with van der Waals surface area (Å²) >= 11 is 5.71. The highest BCUT2D eigenvalue weighted by Gasteiger charge is 2.07. The molecule has 6 nitrogen and oxygen atoms in total. The topological polar surface area (TPSA) is 73.3 Å². The van der Waals surface area contributed by atoms with Gasteiger partial charge in [-0.05, 0) is 0 Å². The Morgan fingerprint density at radius 2 is 2.25 bits per heavy atom. The van der Waals surface area contributed by atoms with Crippen molar-refractivity contribution in [3.05, 3.63) is 11.2 Å². The fourth-order valence-corrected chi connectivity index (χ4v) is 1.11. The maximum Gasteiger partial charge on any atom is 0.234 e. The number of nitrogens with one attached hydrogen (secondary N) is 1. The second kappa shape index (κ2) is 6.24. The number of rotatable bonds is 5. The maximum absolute atomic E-state index is 11.3. The summed E-state index contributed by atoms with van der Waals surface area (Å²) in [6.45, 7) is 0.337. The van der Waals surface area contributed by atoms with Crippen LogP contribution in [0.4, 0.5) is 5.95 Å². The summed E-state index contributed by atoms with van der Waals surface area (Å²) in [6, 6.07) is 1.45. The molecule has 0 aliphatic heterocycles. The van der Waals surface area contributed by atoms with E-state index in [0.717, 1.165) is 0 Å². The van der Waals surface area contributed by atoms with Crippen molar-refractivity contribution in [2.45, 2.75) is 6.42 Å². The molecule has 0 fully saturated rings. The van der Waals surface area contributed by atoms with Crippen LogP contribution in [0.1, 0.15) is 6.42 Å². The molecule has 0 bridgehead atoms. The molecule has 1 amide bonds. The van der Waals surface area contributed by atoms with Crippen LogP contribution in [0.15, 0.2) is 6.07 Å². The average Bonchev–Trinajstić information content (AvgIpc) is 2.25. The Hall–Kier alpha value is -1.40. The molecule has 0 atom stereocenters. The molecule has 1 N–H and O–H groups in total. The number of hydrogen-bond donors (Lipinski definition) is 1. The number of amides is 1. The second-order valence-corrected chi connectivity index (χ2v) is 3.23. The first-order chi connectivity index (χ1) is 7.65. The Morgan fingerprint density at radius 3 is 2.88 bits per heavy atom. The zero-order chi connectivity index (χ0) is 12.0. The summed E-state index contributed by atoms with van der Waals surface area (Å²) in [6.07, 6.45) is 0.231. The molecule has 0 aliphatic carbocycles. The van der Waals surface area contributed by atoms with E-state index in [1.807, 2.05) is 0 Å². The van der Waals surface area contributed by atoms with Crippen molar-refractivity contribution in [1.29, 1.82) is 0 Å².